The molecule has 126 valence electrons. The summed E-state index contributed by atoms with van der Waals surface area (Å²) >= 11 is 0. The Morgan fingerprint density at radius 3 is 2.42 bits per heavy atom. The molecule has 5 heteroatoms. The number of aromatic amines is 1. The van der Waals surface area contributed by atoms with Crippen LogP contribution in [0.15, 0.2) is 29.1 Å². The second-order valence-corrected chi connectivity index (χ2v) is 7.04. The summed E-state index contributed by atoms with van der Waals surface area (Å²) in [5.41, 5.74) is 1.07. The van der Waals surface area contributed by atoms with Gasteiger partial charge in [0.25, 0.3) is 5.56 Å². The first-order valence-corrected chi connectivity index (χ1v) is 7.81. The number of hydrogen-bond donors (Lipinski definition) is 2. The van der Waals surface area contributed by atoms with Gasteiger partial charge in [-0.3, -0.25) is 4.79 Å². The number of aromatic nitrogens is 1. The van der Waals surface area contributed by atoms with Crippen molar-refractivity contribution in [3.63, 3.8) is 0 Å². The van der Waals surface area contributed by atoms with E-state index in [4.69, 9.17) is 4.74 Å². The van der Waals surface area contributed by atoms with Gasteiger partial charge in [0.05, 0.1) is 6.10 Å². The molecule has 1 aromatic heterocycles. The van der Waals surface area contributed by atoms with E-state index in [9.17, 15) is 15.2 Å². The number of phenols is 1. The first kappa shape index (κ1) is 17.6. The lowest BCUT2D eigenvalue weighted by atomic mass is 9.88. The summed E-state index contributed by atoms with van der Waals surface area (Å²) in [6.07, 6.45) is -0.0561. The average molecular weight is 326 g/mol. The number of phenolic OH excluding ortho intramolecular Hbond substituents is 1. The van der Waals surface area contributed by atoms with E-state index < -0.39 is 5.56 Å². The average Bonchev–Trinajstić information content (AvgIpc) is 2.43. The van der Waals surface area contributed by atoms with Crippen molar-refractivity contribution < 1.29 is 9.84 Å². The Balaban J connectivity index is 2.72. The van der Waals surface area contributed by atoms with Gasteiger partial charge in [0, 0.05) is 22.7 Å². The van der Waals surface area contributed by atoms with Crippen LogP contribution in [0.25, 0.3) is 11.1 Å². The van der Waals surface area contributed by atoms with Crippen molar-refractivity contribution in [1.82, 2.24) is 4.98 Å². The van der Waals surface area contributed by atoms with Gasteiger partial charge in [-0.2, -0.15) is 5.26 Å². The quantitative estimate of drug-likeness (QED) is 0.900. The van der Waals surface area contributed by atoms with Crippen molar-refractivity contribution in [2.24, 2.45) is 0 Å². The Kier molecular flexibility index (Phi) is 4.70. The van der Waals surface area contributed by atoms with Crippen LogP contribution in [0.2, 0.25) is 0 Å². The molecule has 0 atom stereocenters. The molecule has 1 heterocycles. The number of ether oxygens (including phenoxy) is 1. The van der Waals surface area contributed by atoms with Gasteiger partial charge in [0.2, 0.25) is 0 Å². The van der Waals surface area contributed by atoms with Crippen molar-refractivity contribution in [2.45, 2.75) is 46.1 Å². The molecule has 0 spiro atoms. The zero-order valence-electron chi connectivity index (χ0n) is 14.6. The van der Waals surface area contributed by atoms with Crippen LogP contribution in [0.5, 0.6) is 11.5 Å². The first-order chi connectivity index (χ1) is 11.1. The number of H-pyrrole nitrogens is 1. The van der Waals surface area contributed by atoms with Gasteiger partial charge in [-0.25, -0.2) is 0 Å². The fourth-order valence-electron chi connectivity index (χ4n) is 2.38. The topological polar surface area (TPSA) is 86.1 Å². The number of hydrogen-bond acceptors (Lipinski definition) is 4. The number of nitrogens with zero attached hydrogens (tertiary/aromatic N) is 1. The highest BCUT2D eigenvalue weighted by molar-refractivity contribution is 5.73. The minimum absolute atomic E-state index is 0.0177. The molecule has 0 radical (unpaired) electrons. The number of nitriles is 1. The van der Waals surface area contributed by atoms with Crippen LogP contribution < -0.4 is 10.3 Å². The molecule has 0 saturated carbocycles. The molecule has 0 bridgehead atoms. The number of benzene rings is 1. The summed E-state index contributed by atoms with van der Waals surface area (Å²) < 4.78 is 5.63. The molecular weight excluding hydrogens is 304 g/mol. The summed E-state index contributed by atoms with van der Waals surface area (Å²) in [7, 11) is 0. The van der Waals surface area contributed by atoms with Crippen LogP contribution in [0.4, 0.5) is 0 Å². The van der Waals surface area contributed by atoms with Crippen LogP contribution in [-0.2, 0) is 5.41 Å². The zero-order valence-corrected chi connectivity index (χ0v) is 14.6. The highest BCUT2D eigenvalue weighted by atomic mass is 16.5. The SMILES string of the molecule is CC(C)Oc1cc(O)cc(-c2cc(C(C)(C)C)[nH]c(=O)c2C#N)c1. The van der Waals surface area contributed by atoms with Crippen molar-refractivity contribution in [2.75, 3.05) is 0 Å². The van der Waals surface area contributed by atoms with Gasteiger partial charge >= 0.3 is 0 Å². The third-order valence-electron chi connectivity index (χ3n) is 3.53. The summed E-state index contributed by atoms with van der Waals surface area (Å²) in [4.78, 5) is 15.1. The summed E-state index contributed by atoms with van der Waals surface area (Å²) in [5.74, 6) is 0.506. The number of pyridine rings is 1. The van der Waals surface area contributed by atoms with Crippen LogP contribution in [-0.4, -0.2) is 16.2 Å². The van der Waals surface area contributed by atoms with E-state index in [1.54, 1.807) is 12.1 Å². The van der Waals surface area contributed by atoms with E-state index in [0.717, 1.165) is 5.69 Å². The van der Waals surface area contributed by atoms with Crippen LogP contribution in [0.1, 0.15) is 45.9 Å². The molecular formula is C19H22N2O3. The van der Waals surface area contributed by atoms with Crippen LogP contribution in [0, 0.1) is 11.3 Å². The van der Waals surface area contributed by atoms with E-state index in [1.807, 2.05) is 40.7 Å². The zero-order chi connectivity index (χ0) is 18.1. The van der Waals surface area contributed by atoms with Crippen molar-refractivity contribution in [3.8, 4) is 28.7 Å². The first-order valence-electron chi connectivity index (χ1n) is 7.81. The maximum atomic E-state index is 12.3. The van der Waals surface area contributed by atoms with E-state index in [2.05, 4.69) is 4.98 Å². The third kappa shape index (κ3) is 3.77. The van der Waals surface area contributed by atoms with Crippen LogP contribution in [0.3, 0.4) is 0 Å². The Morgan fingerprint density at radius 2 is 1.88 bits per heavy atom. The molecule has 1 aromatic carbocycles. The van der Waals surface area contributed by atoms with Gasteiger partial charge in [-0.15, -0.1) is 0 Å². The van der Waals surface area contributed by atoms with Crippen molar-refractivity contribution in [1.29, 1.82) is 5.26 Å². The maximum Gasteiger partial charge on any atom is 0.266 e. The molecule has 0 aliphatic carbocycles. The normalized spacial score (nSPS) is 11.4. The third-order valence-corrected chi connectivity index (χ3v) is 3.53. The lowest BCUT2D eigenvalue weighted by Gasteiger charge is -2.20. The summed E-state index contributed by atoms with van der Waals surface area (Å²) in [6, 6.07) is 8.49. The molecule has 0 amide bonds. The molecule has 5 nitrogen and oxygen atoms in total. The van der Waals surface area contributed by atoms with Gasteiger partial charge in [-0.1, -0.05) is 20.8 Å². The number of nitrogens with one attached hydrogen (secondary N) is 1. The molecule has 0 aliphatic heterocycles. The van der Waals surface area contributed by atoms with Gasteiger partial charge in [-0.05, 0) is 37.6 Å². The maximum absolute atomic E-state index is 12.3. The number of aromatic hydroxyl groups is 1. The van der Waals surface area contributed by atoms with Crippen molar-refractivity contribution in [3.05, 3.63) is 45.9 Å². The Labute approximate surface area is 141 Å². The van der Waals surface area contributed by atoms with Crippen molar-refractivity contribution >= 4 is 0 Å². The van der Waals surface area contributed by atoms with Gasteiger partial charge < -0.3 is 14.8 Å². The van der Waals surface area contributed by atoms with Gasteiger partial charge in [0.15, 0.2) is 0 Å². The summed E-state index contributed by atoms with van der Waals surface area (Å²) in [5, 5.41) is 19.4. The fraction of sp³-hybridized carbons (Fsp3) is 0.368. The molecule has 0 aliphatic rings. The standard InChI is InChI=1S/C19H22N2O3/c1-11(2)24-14-7-12(6-13(22)8-14)15-9-17(19(3,4)5)21-18(23)16(15)10-20/h6-9,11,22H,1-5H3,(H,21,23). The monoisotopic (exact) mass is 326 g/mol. The molecule has 24 heavy (non-hydrogen) atoms. The second kappa shape index (κ2) is 6.40. The van der Waals surface area contributed by atoms with E-state index in [0.29, 0.717) is 16.9 Å². The molecule has 0 saturated heterocycles. The predicted molar refractivity (Wildman–Crippen MR) is 93.3 cm³/mol. The number of rotatable bonds is 3. The Hall–Kier alpha value is -2.74. The Bertz CT molecular complexity index is 852. The highest BCUT2D eigenvalue weighted by Crippen LogP contribution is 2.32. The second-order valence-electron chi connectivity index (χ2n) is 7.04. The minimum Gasteiger partial charge on any atom is -0.508 e. The fourth-order valence-corrected chi connectivity index (χ4v) is 2.38. The molecule has 0 unspecified atom stereocenters. The van der Waals surface area contributed by atoms with Crippen LogP contribution >= 0.6 is 0 Å². The Morgan fingerprint density at radius 1 is 1.21 bits per heavy atom. The predicted octanol–water partition coefficient (Wildman–Crippen LogP) is 3.70. The van der Waals surface area contributed by atoms with E-state index in [-0.39, 0.29) is 22.8 Å². The largest absolute Gasteiger partial charge is 0.508 e. The smallest absolute Gasteiger partial charge is 0.266 e. The lowest BCUT2D eigenvalue weighted by molar-refractivity contribution is 0.241. The highest BCUT2D eigenvalue weighted by Gasteiger charge is 2.20. The lowest BCUT2D eigenvalue weighted by Crippen LogP contribution is -2.22. The molecule has 2 rings (SSSR count). The van der Waals surface area contributed by atoms with E-state index in [1.165, 1.54) is 12.1 Å². The van der Waals surface area contributed by atoms with E-state index >= 15 is 0 Å². The molecule has 0 fully saturated rings. The summed E-state index contributed by atoms with van der Waals surface area (Å²) in [6.45, 7) is 9.70. The molecule has 2 aromatic rings. The minimum atomic E-state index is -0.436. The van der Waals surface area contributed by atoms with Gasteiger partial charge in [0.1, 0.15) is 23.1 Å². The molecule has 2 N–H and O–H groups in total.